The molecule has 3 rings (SSSR count). The monoisotopic (exact) mass is 276 g/mol. The van der Waals surface area contributed by atoms with E-state index in [1.54, 1.807) is 7.11 Å². The molecule has 1 aromatic rings. The molecule has 1 aromatic carbocycles. The Morgan fingerprint density at radius 1 is 1.35 bits per heavy atom. The normalized spacial score (nSPS) is 23.6. The van der Waals surface area contributed by atoms with Gasteiger partial charge in [-0.25, -0.2) is 0 Å². The fraction of sp³-hybridized carbons (Fsp3) is 0.647. The molecule has 1 fully saturated rings. The maximum atomic E-state index is 10.5. The maximum Gasteiger partial charge on any atom is 0.123 e. The largest absolute Gasteiger partial charge is 0.487 e. The van der Waals surface area contributed by atoms with Crippen molar-refractivity contribution in [3.05, 3.63) is 29.3 Å². The summed E-state index contributed by atoms with van der Waals surface area (Å²) >= 11 is 0. The van der Waals surface area contributed by atoms with Crippen LogP contribution in [0.1, 0.15) is 56.8 Å². The van der Waals surface area contributed by atoms with Crippen molar-refractivity contribution in [1.82, 2.24) is 0 Å². The molecule has 0 aromatic heterocycles. The molecule has 0 radical (unpaired) electrons. The third kappa shape index (κ3) is 2.45. The summed E-state index contributed by atoms with van der Waals surface area (Å²) in [4.78, 5) is 0. The minimum absolute atomic E-state index is 0.103. The molecule has 1 aliphatic heterocycles. The summed E-state index contributed by atoms with van der Waals surface area (Å²) < 4.78 is 11.5. The Kier molecular flexibility index (Phi) is 3.30. The average Bonchev–Trinajstić information content (AvgIpc) is 2.66. The van der Waals surface area contributed by atoms with Gasteiger partial charge in [-0.15, -0.1) is 0 Å². The summed E-state index contributed by atoms with van der Waals surface area (Å²) in [7, 11) is 1.75. The van der Waals surface area contributed by atoms with Crippen molar-refractivity contribution in [2.75, 3.05) is 7.11 Å². The smallest absolute Gasteiger partial charge is 0.123 e. The van der Waals surface area contributed by atoms with Crippen molar-refractivity contribution in [2.45, 2.75) is 63.3 Å². The zero-order chi connectivity index (χ0) is 14.4. The highest BCUT2D eigenvalue weighted by atomic mass is 16.5. The quantitative estimate of drug-likeness (QED) is 0.916. The van der Waals surface area contributed by atoms with E-state index in [9.17, 15) is 5.11 Å². The molecule has 1 N–H and O–H groups in total. The fourth-order valence-corrected chi connectivity index (χ4v) is 3.37. The number of methoxy groups -OCH3 is 1. The second kappa shape index (κ2) is 4.74. The number of aliphatic hydroxyl groups is 1. The Hall–Kier alpha value is -1.06. The van der Waals surface area contributed by atoms with E-state index < -0.39 is 6.10 Å². The third-order valence-corrected chi connectivity index (χ3v) is 4.73. The molecule has 0 spiro atoms. The first-order valence-corrected chi connectivity index (χ1v) is 7.48. The van der Waals surface area contributed by atoms with E-state index in [2.05, 4.69) is 19.9 Å². The van der Waals surface area contributed by atoms with Crippen molar-refractivity contribution in [2.24, 2.45) is 0 Å². The van der Waals surface area contributed by atoms with E-state index in [1.165, 1.54) is 12.0 Å². The molecule has 1 unspecified atom stereocenters. The van der Waals surface area contributed by atoms with Gasteiger partial charge < -0.3 is 14.6 Å². The minimum atomic E-state index is -0.454. The first-order valence-electron chi connectivity index (χ1n) is 7.48. The summed E-state index contributed by atoms with van der Waals surface area (Å²) in [5.74, 6) is 0.955. The second-order valence-corrected chi connectivity index (χ2v) is 6.87. The highest BCUT2D eigenvalue weighted by Gasteiger charge is 2.39. The van der Waals surface area contributed by atoms with Gasteiger partial charge in [-0.05, 0) is 56.4 Å². The Morgan fingerprint density at radius 2 is 2.10 bits per heavy atom. The van der Waals surface area contributed by atoms with Crippen molar-refractivity contribution in [3.63, 3.8) is 0 Å². The SMILES string of the molecule is COC1(CC(O)c2ccc3c(c2)CC(C)(C)O3)CCC1. The predicted octanol–water partition coefficient (Wildman–Crippen LogP) is 3.39. The van der Waals surface area contributed by atoms with Crippen LogP contribution in [0.3, 0.4) is 0 Å². The summed E-state index contributed by atoms with van der Waals surface area (Å²) in [5, 5.41) is 10.5. The van der Waals surface area contributed by atoms with E-state index >= 15 is 0 Å². The number of hydrogen-bond acceptors (Lipinski definition) is 3. The molecule has 3 nitrogen and oxygen atoms in total. The summed E-state index contributed by atoms with van der Waals surface area (Å²) in [6, 6.07) is 6.06. The Morgan fingerprint density at radius 3 is 2.70 bits per heavy atom. The van der Waals surface area contributed by atoms with Crippen LogP contribution in [0.25, 0.3) is 0 Å². The molecule has 1 atom stereocenters. The van der Waals surface area contributed by atoms with E-state index in [4.69, 9.17) is 9.47 Å². The molecule has 0 saturated heterocycles. The number of aliphatic hydroxyl groups excluding tert-OH is 1. The number of hydrogen-bond donors (Lipinski definition) is 1. The molecule has 0 bridgehead atoms. The Balaban J connectivity index is 1.75. The highest BCUT2D eigenvalue weighted by molar-refractivity contribution is 5.42. The fourth-order valence-electron chi connectivity index (χ4n) is 3.37. The number of rotatable bonds is 4. The van der Waals surface area contributed by atoms with Crippen LogP contribution in [0.15, 0.2) is 18.2 Å². The molecule has 1 saturated carbocycles. The van der Waals surface area contributed by atoms with E-state index in [1.807, 2.05) is 12.1 Å². The van der Waals surface area contributed by atoms with Crippen LogP contribution in [0.2, 0.25) is 0 Å². The number of fused-ring (bicyclic) bond motifs is 1. The minimum Gasteiger partial charge on any atom is -0.487 e. The average molecular weight is 276 g/mol. The lowest BCUT2D eigenvalue weighted by atomic mass is 9.75. The molecule has 0 amide bonds. The topological polar surface area (TPSA) is 38.7 Å². The van der Waals surface area contributed by atoms with Gasteiger partial charge in [-0.3, -0.25) is 0 Å². The van der Waals surface area contributed by atoms with Gasteiger partial charge in [0.2, 0.25) is 0 Å². The molecule has 1 aliphatic carbocycles. The highest BCUT2D eigenvalue weighted by Crippen LogP contribution is 2.43. The molecular formula is C17H24O3. The van der Waals surface area contributed by atoms with Crippen molar-refractivity contribution < 1.29 is 14.6 Å². The van der Waals surface area contributed by atoms with Gasteiger partial charge >= 0.3 is 0 Å². The van der Waals surface area contributed by atoms with Gasteiger partial charge in [-0.2, -0.15) is 0 Å². The van der Waals surface area contributed by atoms with Crippen LogP contribution in [0.5, 0.6) is 5.75 Å². The number of benzene rings is 1. The van der Waals surface area contributed by atoms with Crippen LogP contribution in [-0.4, -0.2) is 23.4 Å². The standard InChI is InChI=1S/C17H24O3/c1-16(2)10-13-9-12(5-6-15(13)20-16)14(18)11-17(19-3)7-4-8-17/h5-6,9,14,18H,4,7-8,10-11H2,1-3H3. The lowest BCUT2D eigenvalue weighted by Gasteiger charge is -2.41. The van der Waals surface area contributed by atoms with Crippen molar-refractivity contribution in [1.29, 1.82) is 0 Å². The maximum absolute atomic E-state index is 10.5. The first-order chi connectivity index (χ1) is 9.43. The molecule has 110 valence electrons. The van der Waals surface area contributed by atoms with Gasteiger partial charge in [0.15, 0.2) is 0 Å². The van der Waals surface area contributed by atoms with Gasteiger partial charge in [-0.1, -0.05) is 6.07 Å². The first kappa shape index (κ1) is 13.9. The number of ether oxygens (including phenoxy) is 2. The molecule has 3 heteroatoms. The van der Waals surface area contributed by atoms with Crippen LogP contribution in [0, 0.1) is 0 Å². The molecular weight excluding hydrogens is 252 g/mol. The van der Waals surface area contributed by atoms with Gasteiger partial charge in [0.05, 0.1) is 11.7 Å². The molecule has 1 heterocycles. The van der Waals surface area contributed by atoms with Crippen LogP contribution in [-0.2, 0) is 11.2 Å². The van der Waals surface area contributed by atoms with E-state index in [0.717, 1.165) is 30.6 Å². The predicted molar refractivity (Wildman–Crippen MR) is 78.0 cm³/mol. The molecule has 2 aliphatic rings. The van der Waals surface area contributed by atoms with Gasteiger partial charge in [0, 0.05) is 20.0 Å². The van der Waals surface area contributed by atoms with Crippen LogP contribution < -0.4 is 4.74 Å². The summed E-state index contributed by atoms with van der Waals surface area (Å²) in [5.41, 5.74) is 1.95. The van der Waals surface area contributed by atoms with Crippen LogP contribution >= 0.6 is 0 Å². The van der Waals surface area contributed by atoms with E-state index in [0.29, 0.717) is 6.42 Å². The Labute approximate surface area is 120 Å². The molecule has 20 heavy (non-hydrogen) atoms. The zero-order valence-electron chi connectivity index (χ0n) is 12.6. The Bertz CT molecular complexity index is 497. The zero-order valence-corrected chi connectivity index (χ0v) is 12.6. The summed E-state index contributed by atoms with van der Waals surface area (Å²) in [6.07, 6.45) is 4.45. The third-order valence-electron chi connectivity index (χ3n) is 4.73. The van der Waals surface area contributed by atoms with E-state index in [-0.39, 0.29) is 11.2 Å². The lowest BCUT2D eigenvalue weighted by Crippen LogP contribution is -2.40. The summed E-state index contributed by atoms with van der Waals surface area (Å²) in [6.45, 7) is 4.19. The second-order valence-electron chi connectivity index (χ2n) is 6.87. The lowest BCUT2D eigenvalue weighted by molar-refractivity contribution is -0.0999. The van der Waals surface area contributed by atoms with Crippen molar-refractivity contribution in [3.8, 4) is 5.75 Å². The van der Waals surface area contributed by atoms with Gasteiger partial charge in [0.1, 0.15) is 11.4 Å². The van der Waals surface area contributed by atoms with Gasteiger partial charge in [0.25, 0.3) is 0 Å². The van der Waals surface area contributed by atoms with Crippen LogP contribution in [0.4, 0.5) is 0 Å². The van der Waals surface area contributed by atoms with Crippen molar-refractivity contribution >= 4 is 0 Å².